The fourth-order valence-corrected chi connectivity index (χ4v) is 11.9. The van der Waals surface area contributed by atoms with Gasteiger partial charge in [0.05, 0.1) is 10.8 Å². The average Bonchev–Trinajstić information content (AvgIpc) is 3.05. The van der Waals surface area contributed by atoms with Gasteiger partial charge in [0.15, 0.2) is 0 Å². The maximum Gasteiger partial charge on any atom is 0.312 e. The highest BCUT2D eigenvalue weighted by Crippen LogP contribution is 2.64. The summed E-state index contributed by atoms with van der Waals surface area (Å²) < 4.78 is 11.8. The summed E-state index contributed by atoms with van der Waals surface area (Å²) >= 11 is 0. The topological polar surface area (TPSA) is 72.8 Å². The lowest BCUT2D eigenvalue weighted by Gasteiger charge is -2.57. The third kappa shape index (κ3) is 6.00. The molecule has 48 heavy (non-hydrogen) atoms. The van der Waals surface area contributed by atoms with Crippen LogP contribution < -0.4 is 0 Å². The molecule has 0 saturated heterocycles. The lowest BCUT2D eigenvalue weighted by Crippen LogP contribution is -2.54. The lowest BCUT2D eigenvalue weighted by atomic mass is 9.47. The number of carbonyl (C=O) groups excluding carboxylic acids is 2. The van der Waals surface area contributed by atoms with Crippen LogP contribution in [0.25, 0.3) is 0 Å². The number of ether oxygens (including phenoxy) is 2. The number of rotatable bonds is 8. The maximum absolute atomic E-state index is 13.8. The van der Waals surface area contributed by atoms with E-state index in [4.69, 9.17) is 9.47 Å². The molecule has 5 nitrogen and oxygen atoms in total. The fraction of sp³-hybridized carbons (Fsp3) is 0.767. The van der Waals surface area contributed by atoms with Gasteiger partial charge in [-0.3, -0.25) is 9.59 Å². The molecule has 266 valence electrons. The summed E-state index contributed by atoms with van der Waals surface area (Å²) in [6.07, 6.45) is 21.0. The Balaban J connectivity index is 1.07. The number of aliphatic hydroxyl groups excluding tert-OH is 1. The first-order chi connectivity index (χ1) is 22.6. The Kier molecular flexibility index (Phi) is 9.81. The van der Waals surface area contributed by atoms with Crippen molar-refractivity contribution in [3.8, 4) is 0 Å². The molecule has 0 unspecified atom stereocenters. The van der Waals surface area contributed by atoms with Crippen LogP contribution in [-0.2, 0) is 19.1 Å². The first-order valence-electron chi connectivity index (χ1n) is 19.5. The minimum atomic E-state index is -1.04. The SMILES string of the molecule is CC(C)C1=CC2=CC[C@@H]3[C@](C)(CCC[C@@]3(C)C(=O)OCC(O)COC(=O)[C@]3(C)CCC[C@@]4(C)[C@H]3CC=C3C=C(C(C)C)CC[C@@H]34)[C@H]2CC1. The third-order valence-electron chi connectivity index (χ3n) is 14.9. The normalized spacial score (nSPS) is 39.8. The Morgan fingerprint density at radius 1 is 0.708 bits per heavy atom. The monoisotopic (exact) mass is 660 g/mol. The number of hydrogen-bond donors (Lipinski definition) is 1. The molecule has 0 amide bonds. The number of allylic oxidation sites excluding steroid dienone is 8. The molecule has 0 aromatic heterocycles. The van der Waals surface area contributed by atoms with E-state index in [-0.39, 0.29) is 47.8 Å². The van der Waals surface area contributed by atoms with Gasteiger partial charge < -0.3 is 14.6 Å². The minimum Gasteiger partial charge on any atom is -0.462 e. The van der Waals surface area contributed by atoms with E-state index in [1.165, 1.54) is 11.1 Å². The summed E-state index contributed by atoms with van der Waals surface area (Å²) in [5, 5.41) is 10.9. The Labute approximate surface area is 291 Å². The zero-order valence-corrected chi connectivity index (χ0v) is 31.3. The largest absolute Gasteiger partial charge is 0.462 e. The molecule has 6 rings (SSSR count). The molecule has 6 aliphatic rings. The summed E-state index contributed by atoms with van der Waals surface area (Å²) in [4.78, 5) is 27.7. The first kappa shape index (κ1) is 35.7. The van der Waals surface area contributed by atoms with Crippen molar-refractivity contribution in [3.63, 3.8) is 0 Å². The Bertz CT molecular complexity index is 1290. The molecule has 6 aliphatic carbocycles. The van der Waals surface area contributed by atoms with E-state index < -0.39 is 16.9 Å². The summed E-state index contributed by atoms with van der Waals surface area (Å²) in [5.41, 5.74) is 4.99. The minimum absolute atomic E-state index is 0.0624. The number of hydrogen-bond acceptors (Lipinski definition) is 5. The highest BCUT2D eigenvalue weighted by atomic mass is 16.6. The molecular weight excluding hydrogens is 596 g/mol. The molecule has 0 aliphatic heterocycles. The number of fused-ring (bicyclic) bond motifs is 6. The molecule has 2 saturated carbocycles. The molecule has 1 N–H and O–H groups in total. The highest BCUT2D eigenvalue weighted by molar-refractivity contribution is 5.78. The number of carbonyl (C=O) groups is 2. The van der Waals surface area contributed by atoms with Crippen LogP contribution >= 0.6 is 0 Å². The van der Waals surface area contributed by atoms with Crippen molar-refractivity contribution in [2.45, 2.75) is 139 Å². The van der Waals surface area contributed by atoms with Gasteiger partial charge in [0.2, 0.25) is 0 Å². The Hall–Kier alpha value is -2.14. The van der Waals surface area contributed by atoms with Gasteiger partial charge in [-0.1, -0.05) is 89.8 Å². The van der Waals surface area contributed by atoms with E-state index in [0.717, 1.165) is 77.0 Å². The number of esters is 2. The summed E-state index contributed by atoms with van der Waals surface area (Å²) in [7, 11) is 0. The van der Waals surface area contributed by atoms with Gasteiger partial charge in [-0.15, -0.1) is 0 Å². The molecule has 5 heteroatoms. The second kappa shape index (κ2) is 13.2. The molecule has 2 fully saturated rings. The van der Waals surface area contributed by atoms with Crippen molar-refractivity contribution in [2.75, 3.05) is 13.2 Å². The predicted octanol–water partition coefficient (Wildman–Crippen LogP) is 9.70. The fourth-order valence-electron chi connectivity index (χ4n) is 11.9. The van der Waals surface area contributed by atoms with E-state index >= 15 is 0 Å². The maximum atomic E-state index is 13.8. The van der Waals surface area contributed by atoms with Crippen molar-refractivity contribution in [1.82, 2.24) is 0 Å². The van der Waals surface area contributed by atoms with Gasteiger partial charge in [0.25, 0.3) is 0 Å². The average molecular weight is 661 g/mol. The molecule has 0 spiro atoms. The summed E-state index contributed by atoms with van der Waals surface area (Å²) in [6, 6.07) is 0. The van der Waals surface area contributed by atoms with Crippen molar-refractivity contribution in [2.24, 2.45) is 57.2 Å². The van der Waals surface area contributed by atoms with Crippen LogP contribution in [0.2, 0.25) is 0 Å². The van der Waals surface area contributed by atoms with Gasteiger partial charge in [-0.25, -0.2) is 0 Å². The van der Waals surface area contributed by atoms with Crippen LogP contribution in [0.4, 0.5) is 0 Å². The van der Waals surface area contributed by atoms with E-state index in [1.807, 2.05) is 0 Å². The van der Waals surface area contributed by atoms with Gasteiger partial charge >= 0.3 is 11.9 Å². The van der Waals surface area contributed by atoms with Crippen LogP contribution in [0.5, 0.6) is 0 Å². The molecule has 0 bridgehead atoms. The van der Waals surface area contributed by atoms with E-state index in [2.05, 4.69) is 79.7 Å². The highest BCUT2D eigenvalue weighted by Gasteiger charge is 2.59. The second-order valence-electron chi connectivity index (χ2n) is 18.3. The van der Waals surface area contributed by atoms with Gasteiger partial charge in [0.1, 0.15) is 19.3 Å². The van der Waals surface area contributed by atoms with Crippen LogP contribution in [-0.4, -0.2) is 36.4 Å². The van der Waals surface area contributed by atoms with Crippen LogP contribution in [0.15, 0.2) is 46.6 Å². The van der Waals surface area contributed by atoms with E-state index in [0.29, 0.717) is 23.7 Å². The van der Waals surface area contributed by atoms with Crippen LogP contribution in [0, 0.1) is 57.2 Å². The lowest BCUT2D eigenvalue weighted by molar-refractivity contribution is -0.178. The Morgan fingerprint density at radius 3 is 1.48 bits per heavy atom. The standard InChI is InChI=1S/C43H64O5/c1-27(2)29-11-15-34-31(23-29)13-17-36-40(34,5)19-9-21-42(36,7)38(45)47-25-33(44)26-48-39(46)43(8)22-10-20-41(6)35-16-12-30(28(3)4)24-32(35)14-18-37(41)43/h13-14,23-24,27-28,33-37,44H,9-12,15-22,25-26H2,1-8H3/t34-,35-,36+,37+,40+,41+,42+,43+/m0/s1. The van der Waals surface area contributed by atoms with Gasteiger partial charge in [0, 0.05) is 0 Å². The summed E-state index contributed by atoms with van der Waals surface area (Å²) in [5.74, 6) is 2.12. The van der Waals surface area contributed by atoms with Crippen molar-refractivity contribution < 1.29 is 24.2 Å². The van der Waals surface area contributed by atoms with Gasteiger partial charge in [-0.05, 0) is 136 Å². The zero-order chi connectivity index (χ0) is 34.6. The summed E-state index contributed by atoms with van der Waals surface area (Å²) in [6.45, 7) is 17.9. The van der Waals surface area contributed by atoms with E-state index in [9.17, 15) is 14.7 Å². The zero-order valence-electron chi connectivity index (χ0n) is 31.3. The molecule has 0 heterocycles. The van der Waals surface area contributed by atoms with E-state index in [1.54, 1.807) is 11.1 Å². The Morgan fingerprint density at radius 2 is 1.10 bits per heavy atom. The van der Waals surface area contributed by atoms with Crippen LogP contribution in [0.1, 0.15) is 132 Å². The van der Waals surface area contributed by atoms with Crippen molar-refractivity contribution in [1.29, 1.82) is 0 Å². The molecule has 0 aromatic carbocycles. The van der Waals surface area contributed by atoms with Gasteiger partial charge in [-0.2, -0.15) is 0 Å². The second-order valence-corrected chi connectivity index (χ2v) is 18.3. The molecular formula is C43H64O5. The van der Waals surface area contributed by atoms with Crippen molar-refractivity contribution >= 4 is 11.9 Å². The quantitative estimate of drug-likeness (QED) is 0.263. The molecule has 0 radical (unpaired) electrons. The molecule has 8 atom stereocenters. The van der Waals surface area contributed by atoms with Crippen LogP contribution in [0.3, 0.4) is 0 Å². The van der Waals surface area contributed by atoms with Crippen molar-refractivity contribution in [3.05, 3.63) is 46.6 Å². The smallest absolute Gasteiger partial charge is 0.312 e. The first-order valence-corrected chi connectivity index (χ1v) is 19.5. The number of aliphatic hydroxyl groups is 1. The molecule has 0 aromatic rings. The predicted molar refractivity (Wildman–Crippen MR) is 192 cm³/mol. The third-order valence-corrected chi connectivity index (χ3v) is 14.9.